The summed E-state index contributed by atoms with van der Waals surface area (Å²) in [5.74, 6) is 4.68. The Balaban J connectivity index is 2.26. The number of nitrogen functional groups attached to an aromatic ring is 1. The Hall–Kier alpha value is -1.70. The number of carbonyl (C=O) groups excluding carboxylic acids is 1. The molecule has 0 aliphatic carbocycles. The zero-order valence-corrected chi connectivity index (χ0v) is 13.2. The first kappa shape index (κ1) is 15.7. The van der Waals surface area contributed by atoms with Crippen LogP contribution in [0, 0.1) is 12.7 Å². The maximum absolute atomic E-state index is 13.4. The molecule has 0 saturated heterocycles. The van der Waals surface area contributed by atoms with Gasteiger partial charge in [-0.3, -0.25) is 4.79 Å². The number of hydrazine groups is 1. The van der Waals surface area contributed by atoms with E-state index in [1.54, 1.807) is 6.92 Å². The van der Waals surface area contributed by atoms with Crippen molar-refractivity contribution in [3.8, 4) is 0 Å². The third kappa shape index (κ3) is 3.49. The van der Waals surface area contributed by atoms with Crippen LogP contribution in [0.15, 0.2) is 28.9 Å². The molecule has 0 atom stereocenters. The van der Waals surface area contributed by atoms with Gasteiger partial charge in [-0.25, -0.2) is 15.2 Å². The van der Waals surface area contributed by atoms with Gasteiger partial charge in [0.05, 0.1) is 15.1 Å². The molecule has 1 aromatic heterocycles. The highest BCUT2D eigenvalue weighted by Crippen LogP contribution is 2.25. The largest absolute Gasteiger partial charge is 0.322 e. The summed E-state index contributed by atoms with van der Waals surface area (Å²) in [6.45, 7) is 1.69. The number of anilines is 2. The summed E-state index contributed by atoms with van der Waals surface area (Å²) < 4.78 is 13.6. The number of nitrogens with zero attached hydrogens (tertiary/aromatic N) is 1. The van der Waals surface area contributed by atoms with Gasteiger partial charge in [0.2, 0.25) is 0 Å². The summed E-state index contributed by atoms with van der Waals surface area (Å²) >= 11 is 8.99. The van der Waals surface area contributed by atoms with E-state index in [4.69, 9.17) is 17.4 Å². The van der Waals surface area contributed by atoms with Crippen molar-refractivity contribution >= 4 is 44.9 Å². The van der Waals surface area contributed by atoms with Gasteiger partial charge < -0.3 is 10.7 Å². The second kappa shape index (κ2) is 6.38. The fourth-order valence-electron chi connectivity index (χ4n) is 1.64. The molecule has 0 saturated carbocycles. The quantitative estimate of drug-likeness (QED) is 0.568. The number of benzene rings is 1. The average Bonchev–Trinajstić information content (AvgIpc) is 2.44. The van der Waals surface area contributed by atoms with Crippen molar-refractivity contribution in [1.82, 2.24) is 4.98 Å². The molecule has 0 unspecified atom stereocenters. The Morgan fingerprint density at radius 3 is 2.76 bits per heavy atom. The molecule has 0 fully saturated rings. The maximum Gasteiger partial charge on any atom is 0.257 e. The topological polar surface area (TPSA) is 80.0 Å². The monoisotopic (exact) mass is 372 g/mol. The highest BCUT2D eigenvalue weighted by molar-refractivity contribution is 9.10. The van der Waals surface area contributed by atoms with Gasteiger partial charge in [-0.05, 0) is 46.6 Å². The highest BCUT2D eigenvalue weighted by atomic mass is 79.9. The third-order valence-electron chi connectivity index (χ3n) is 2.76. The lowest BCUT2D eigenvalue weighted by molar-refractivity contribution is 0.102. The Morgan fingerprint density at radius 2 is 2.14 bits per heavy atom. The lowest BCUT2D eigenvalue weighted by Crippen LogP contribution is -2.15. The van der Waals surface area contributed by atoms with Crippen LogP contribution < -0.4 is 16.6 Å². The molecule has 110 valence electrons. The molecular weight excluding hydrogens is 363 g/mol. The number of hydrogen-bond acceptors (Lipinski definition) is 4. The normalized spacial score (nSPS) is 10.3. The molecule has 2 rings (SSSR count). The van der Waals surface area contributed by atoms with Crippen molar-refractivity contribution in [2.75, 3.05) is 10.7 Å². The van der Waals surface area contributed by atoms with Gasteiger partial charge in [0, 0.05) is 11.9 Å². The van der Waals surface area contributed by atoms with Crippen molar-refractivity contribution in [3.05, 3.63) is 50.8 Å². The van der Waals surface area contributed by atoms with E-state index in [9.17, 15) is 9.18 Å². The zero-order valence-electron chi connectivity index (χ0n) is 10.9. The Bertz CT molecular complexity index is 711. The van der Waals surface area contributed by atoms with E-state index < -0.39 is 11.7 Å². The lowest BCUT2D eigenvalue weighted by atomic mass is 10.2. The van der Waals surface area contributed by atoms with E-state index in [2.05, 4.69) is 31.7 Å². The Labute approximate surface area is 133 Å². The average molecular weight is 374 g/mol. The van der Waals surface area contributed by atoms with Crippen LogP contribution in [0.4, 0.5) is 15.9 Å². The molecular formula is C13H11BrClFN4O. The second-order valence-electron chi connectivity index (χ2n) is 4.23. The van der Waals surface area contributed by atoms with E-state index in [-0.39, 0.29) is 20.9 Å². The molecule has 21 heavy (non-hydrogen) atoms. The summed E-state index contributed by atoms with van der Waals surface area (Å²) in [6.07, 6.45) is 1.34. The van der Waals surface area contributed by atoms with E-state index >= 15 is 0 Å². The van der Waals surface area contributed by atoms with Crippen LogP contribution in [0.2, 0.25) is 5.02 Å². The number of aryl methyl sites for hydroxylation is 1. The number of pyridine rings is 1. The molecule has 1 amide bonds. The fourth-order valence-corrected chi connectivity index (χ4v) is 2.21. The SMILES string of the molecule is Cc1cc(F)c(Br)cc1NC(=O)c1cnc(NN)c(Cl)c1. The fraction of sp³-hybridized carbons (Fsp3) is 0.0769. The van der Waals surface area contributed by atoms with Crippen molar-refractivity contribution in [3.63, 3.8) is 0 Å². The van der Waals surface area contributed by atoms with Gasteiger partial charge in [0.25, 0.3) is 5.91 Å². The van der Waals surface area contributed by atoms with Gasteiger partial charge in [0.1, 0.15) is 5.82 Å². The summed E-state index contributed by atoms with van der Waals surface area (Å²) in [5.41, 5.74) is 3.67. The van der Waals surface area contributed by atoms with Gasteiger partial charge >= 0.3 is 0 Å². The molecule has 0 bridgehead atoms. The van der Waals surface area contributed by atoms with Crippen LogP contribution >= 0.6 is 27.5 Å². The number of halogens is 3. The van der Waals surface area contributed by atoms with Crippen molar-refractivity contribution in [1.29, 1.82) is 0 Å². The van der Waals surface area contributed by atoms with Crippen LogP contribution in [-0.2, 0) is 0 Å². The van der Waals surface area contributed by atoms with E-state index in [1.165, 1.54) is 24.4 Å². The minimum Gasteiger partial charge on any atom is -0.322 e. The van der Waals surface area contributed by atoms with E-state index in [1.807, 2.05) is 0 Å². The predicted molar refractivity (Wildman–Crippen MR) is 83.8 cm³/mol. The number of amides is 1. The zero-order chi connectivity index (χ0) is 15.6. The summed E-state index contributed by atoms with van der Waals surface area (Å²) in [4.78, 5) is 16.1. The minimum atomic E-state index is -0.408. The number of nitrogens with two attached hydrogens (primary N) is 1. The standard InChI is InChI=1S/C13H11BrClFN4O/c1-6-2-10(16)8(14)4-11(6)19-13(21)7-3-9(15)12(20-17)18-5-7/h2-5H,17H2,1H3,(H,18,20)(H,19,21). The molecule has 1 heterocycles. The molecule has 1 aromatic carbocycles. The summed E-state index contributed by atoms with van der Waals surface area (Å²) in [6, 6.07) is 4.26. The van der Waals surface area contributed by atoms with Gasteiger partial charge in [-0.2, -0.15) is 0 Å². The molecule has 8 heteroatoms. The van der Waals surface area contributed by atoms with Crippen LogP contribution in [-0.4, -0.2) is 10.9 Å². The molecule has 2 aromatic rings. The van der Waals surface area contributed by atoms with E-state index in [0.717, 1.165) is 0 Å². The molecule has 0 aliphatic heterocycles. The number of nitrogens with one attached hydrogen (secondary N) is 2. The number of carbonyl (C=O) groups is 1. The third-order valence-corrected chi connectivity index (χ3v) is 3.65. The molecule has 0 radical (unpaired) electrons. The first-order valence-electron chi connectivity index (χ1n) is 5.81. The van der Waals surface area contributed by atoms with Gasteiger partial charge in [-0.1, -0.05) is 11.6 Å². The van der Waals surface area contributed by atoms with Crippen LogP contribution in [0.5, 0.6) is 0 Å². The van der Waals surface area contributed by atoms with Crippen LogP contribution in [0.1, 0.15) is 15.9 Å². The van der Waals surface area contributed by atoms with Gasteiger partial charge in [-0.15, -0.1) is 0 Å². The lowest BCUT2D eigenvalue weighted by Gasteiger charge is -2.10. The van der Waals surface area contributed by atoms with Gasteiger partial charge in [0.15, 0.2) is 5.82 Å². The van der Waals surface area contributed by atoms with Crippen molar-refractivity contribution in [2.45, 2.75) is 6.92 Å². The highest BCUT2D eigenvalue weighted by Gasteiger charge is 2.12. The molecule has 5 nitrogen and oxygen atoms in total. The summed E-state index contributed by atoms with van der Waals surface area (Å²) in [5, 5.41) is 2.90. The van der Waals surface area contributed by atoms with E-state index in [0.29, 0.717) is 11.3 Å². The predicted octanol–water partition coefficient (Wildman–Crippen LogP) is 3.48. The Morgan fingerprint density at radius 1 is 1.43 bits per heavy atom. The number of rotatable bonds is 3. The first-order chi connectivity index (χ1) is 9.92. The first-order valence-corrected chi connectivity index (χ1v) is 6.98. The molecule has 4 N–H and O–H groups in total. The minimum absolute atomic E-state index is 0.224. The van der Waals surface area contributed by atoms with Crippen LogP contribution in [0.25, 0.3) is 0 Å². The van der Waals surface area contributed by atoms with Crippen molar-refractivity contribution in [2.24, 2.45) is 5.84 Å². The summed E-state index contributed by atoms with van der Waals surface area (Å²) in [7, 11) is 0. The smallest absolute Gasteiger partial charge is 0.257 e. The molecule has 0 aliphatic rings. The number of aromatic nitrogens is 1. The molecule has 0 spiro atoms. The number of hydrogen-bond donors (Lipinski definition) is 3. The Kier molecular flexibility index (Phi) is 4.76. The second-order valence-corrected chi connectivity index (χ2v) is 5.50. The maximum atomic E-state index is 13.4. The van der Waals surface area contributed by atoms with Crippen LogP contribution in [0.3, 0.4) is 0 Å². The van der Waals surface area contributed by atoms with Crippen molar-refractivity contribution < 1.29 is 9.18 Å².